The van der Waals surface area contributed by atoms with Crippen molar-refractivity contribution in [1.82, 2.24) is 20.9 Å². The van der Waals surface area contributed by atoms with Crippen LogP contribution in [0.25, 0.3) is 0 Å². The molecule has 0 saturated carbocycles. The molecule has 3 N–H and O–H groups in total. The quantitative estimate of drug-likeness (QED) is 0.584. The molecule has 1 saturated heterocycles. The molecule has 1 aromatic heterocycles. The van der Waals surface area contributed by atoms with Crippen LogP contribution in [0, 0.1) is 5.92 Å². The molecular weight excluding hydrogens is 438 g/mol. The normalized spacial score (nSPS) is 18.2. The van der Waals surface area contributed by atoms with Gasteiger partial charge in [0.2, 0.25) is 0 Å². The molecule has 1 aliphatic rings. The van der Waals surface area contributed by atoms with Crippen LogP contribution in [0.1, 0.15) is 57.8 Å². The number of halogens is 3. The van der Waals surface area contributed by atoms with Crippen LogP contribution in [0.15, 0.2) is 42.5 Å². The van der Waals surface area contributed by atoms with E-state index in [2.05, 4.69) is 20.9 Å². The van der Waals surface area contributed by atoms with Crippen molar-refractivity contribution in [2.45, 2.75) is 31.6 Å². The number of aromatic nitrogens is 1. The largest absolute Gasteiger partial charge is 0.354 e. The Kier molecular flexibility index (Phi) is 9.09. The third-order valence-electron chi connectivity index (χ3n) is 5.72. The lowest BCUT2D eigenvalue weighted by molar-refractivity contribution is -0.0754. The average Bonchev–Trinajstić information content (AvgIpc) is 2.79. The van der Waals surface area contributed by atoms with Crippen LogP contribution < -0.4 is 16.0 Å². The number of pyridine rings is 1. The van der Waals surface area contributed by atoms with Gasteiger partial charge in [-0.15, -0.1) is 12.4 Å². The zero-order valence-electron chi connectivity index (χ0n) is 18.2. The number of benzene rings is 1. The molecule has 9 heteroatoms. The molecule has 2 atom stereocenters. The van der Waals surface area contributed by atoms with Gasteiger partial charge in [0, 0.05) is 36.7 Å². The SMILES string of the molecule is CNC(=O)c1cc(C(=O)NCCC2CCNCC2(F)F)cc([C@@H](C)c2ccccc2)n1.Cl. The highest BCUT2D eigenvalue weighted by atomic mass is 35.5. The first-order valence-electron chi connectivity index (χ1n) is 10.5. The number of alkyl halides is 2. The van der Waals surface area contributed by atoms with Gasteiger partial charge in [-0.05, 0) is 37.1 Å². The van der Waals surface area contributed by atoms with Gasteiger partial charge < -0.3 is 16.0 Å². The first-order chi connectivity index (χ1) is 14.8. The van der Waals surface area contributed by atoms with E-state index in [1.54, 1.807) is 6.07 Å². The van der Waals surface area contributed by atoms with Crippen molar-refractivity contribution in [3.8, 4) is 0 Å². The fourth-order valence-corrected chi connectivity index (χ4v) is 3.77. The van der Waals surface area contributed by atoms with Crippen LogP contribution in [0.4, 0.5) is 8.78 Å². The second kappa shape index (κ2) is 11.3. The molecule has 1 fully saturated rings. The van der Waals surface area contributed by atoms with Gasteiger partial charge in [0.25, 0.3) is 17.7 Å². The van der Waals surface area contributed by atoms with Crippen molar-refractivity contribution in [3.63, 3.8) is 0 Å². The highest BCUT2D eigenvalue weighted by Crippen LogP contribution is 2.31. The minimum Gasteiger partial charge on any atom is -0.354 e. The van der Waals surface area contributed by atoms with Crippen LogP contribution in [0.5, 0.6) is 0 Å². The van der Waals surface area contributed by atoms with Crippen LogP contribution in [-0.4, -0.2) is 49.4 Å². The van der Waals surface area contributed by atoms with E-state index < -0.39 is 23.7 Å². The van der Waals surface area contributed by atoms with Crippen molar-refractivity contribution >= 4 is 24.2 Å². The van der Waals surface area contributed by atoms with Crippen molar-refractivity contribution < 1.29 is 18.4 Å². The lowest BCUT2D eigenvalue weighted by Crippen LogP contribution is -2.47. The number of hydrogen-bond acceptors (Lipinski definition) is 4. The molecule has 3 rings (SSSR count). The summed E-state index contributed by atoms with van der Waals surface area (Å²) in [5, 5.41) is 7.95. The maximum absolute atomic E-state index is 14.0. The van der Waals surface area contributed by atoms with E-state index >= 15 is 0 Å². The molecule has 0 bridgehead atoms. The lowest BCUT2D eigenvalue weighted by Gasteiger charge is -2.31. The highest BCUT2D eigenvalue weighted by Gasteiger charge is 2.40. The van der Waals surface area contributed by atoms with Crippen molar-refractivity contribution in [3.05, 3.63) is 65.0 Å². The number of piperidine rings is 1. The summed E-state index contributed by atoms with van der Waals surface area (Å²) >= 11 is 0. The zero-order chi connectivity index (χ0) is 22.4. The molecule has 0 aliphatic carbocycles. The van der Waals surface area contributed by atoms with Gasteiger partial charge in [-0.3, -0.25) is 9.59 Å². The topological polar surface area (TPSA) is 83.1 Å². The van der Waals surface area contributed by atoms with E-state index in [9.17, 15) is 18.4 Å². The number of carbonyl (C=O) groups excluding carboxylic acids is 2. The Morgan fingerprint density at radius 2 is 1.94 bits per heavy atom. The van der Waals surface area contributed by atoms with Gasteiger partial charge in [0.1, 0.15) is 5.69 Å². The van der Waals surface area contributed by atoms with Gasteiger partial charge in [-0.25, -0.2) is 13.8 Å². The standard InChI is InChI=1S/C23H28F2N4O2.ClH/c1-15(16-6-4-3-5-7-16)19-12-17(13-20(29-19)22(31)26-2)21(30)28-11-9-18-8-10-27-14-23(18,24)25;/h3-7,12-13,15,18,27H,8-11,14H2,1-2H3,(H,26,31)(H,28,30);1H/t15-,18?;/m0./s1. The van der Waals surface area contributed by atoms with Gasteiger partial charge in [0.15, 0.2) is 0 Å². The molecule has 32 heavy (non-hydrogen) atoms. The van der Waals surface area contributed by atoms with E-state index in [4.69, 9.17) is 0 Å². The number of nitrogens with one attached hydrogen (secondary N) is 3. The molecule has 2 amide bonds. The number of amides is 2. The first-order valence-corrected chi connectivity index (χ1v) is 10.5. The minimum atomic E-state index is -2.77. The average molecular weight is 467 g/mol. The molecule has 6 nitrogen and oxygen atoms in total. The molecule has 0 spiro atoms. The predicted molar refractivity (Wildman–Crippen MR) is 122 cm³/mol. The van der Waals surface area contributed by atoms with Gasteiger partial charge in [0.05, 0.1) is 6.54 Å². The van der Waals surface area contributed by atoms with E-state index in [-0.39, 0.29) is 49.1 Å². The monoisotopic (exact) mass is 466 g/mol. The summed E-state index contributed by atoms with van der Waals surface area (Å²) < 4.78 is 27.9. The molecule has 2 aromatic rings. The maximum Gasteiger partial charge on any atom is 0.269 e. The van der Waals surface area contributed by atoms with E-state index in [1.165, 1.54) is 13.1 Å². The minimum absolute atomic E-state index is 0. The van der Waals surface area contributed by atoms with Crippen molar-refractivity contribution in [1.29, 1.82) is 0 Å². The number of nitrogens with zero attached hydrogens (tertiary/aromatic N) is 1. The molecular formula is C23H29ClF2N4O2. The van der Waals surface area contributed by atoms with Crippen molar-refractivity contribution in [2.75, 3.05) is 26.7 Å². The number of hydrogen-bond donors (Lipinski definition) is 3. The first kappa shape index (κ1) is 25.7. The van der Waals surface area contributed by atoms with Crippen molar-refractivity contribution in [2.24, 2.45) is 5.92 Å². The Hall–Kier alpha value is -2.58. The maximum atomic E-state index is 14.0. The fraction of sp³-hybridized carbons (Fsp3) is 0.435. The summed E-state index contributed by atoms with van der Waals surface area (Å²) in [6.07, 6.45) is 0.568. The Bertz CT molecular complexity index is 927. The molecule has 1 unspecified atom stereocenters. The molecule has 0 radical (unpaired) electrons. The third kappa shape index (κ3) is 6.23. The Morgan fingerprint density at radius 1 is 1.22 bits per heavy atom. The summed E-state index contributed by atoms with van der Waals surface area (Å²) in [7, 11) is 1.50. The lowest BCUT2D eigenvalue weighted by atomic mass is 9.91. The molecule has 2 heterocycles. The summed E-state index contributed by atoms with van der Waals surface area (Å²) in [5.74, 6) is -4.48. The molecule has 174 valence electrons. The second-order valence-corrected chi connectivity index (χ2v) is 7.85. The van der Waals surface area contributed by atoms with Gasteiger partial charge in [-0.2, -0.15) is 0 Å². The Morgan fingerprint density at radius 3 is 2.59 bits per heavy atom. The van der Waals surface area contributed by atoms with E-state index in [0.29, 0.717) is 18.7 Å². The van der Waals surface area contributed by atoms with Crippen LogP contribution in [-0.2, 0) is 0 Å². The summed E-state index contributed by atoms with van der Waals surface area (Å²) in [6, 6.07) is 12.7. The van der Waals surface area contributed by atoms with Crippen LogP contribution >= 0.6 is 12.4 Å². The van der Waals surface area contributed by atoms with Crippen LogP contribution in [0.3, 0.4) is 0 Å². The van der Waals surface area contributed by atoms with E-state index in [1.807, 2.05) is 37.3 Å². The number of rotatable bonds is 7. The fourth-order valence-electron chi connectivity index (χ4n) is 3.77. The second-order valence-electron chi connectivity index (χ2n) is 7.85. The summed E-state index contributed by atoms with van der Waals surface area (Å²) in [5.41, 5.74) is 2.01. The van der Waals surface area contributed by atoms with Crippen LogP contribution in [0.2, 0.25) is 0 Å². The highest BCUT2D eigenvalue weighted by molar-refractivity contribution is 5.98. The summed E-state index contributed by atoms with van der Waals surface area (Å²) in [6.45, 7) is 2.31. The zero-order valence-corrected chi connectivity index (χ0v) is 19.0. The third-order valence-corrected chi connectivity index (χ3v) is 5.72. The molecule has 1 aromatic carbocycles. The Balaban J connectivity index is 0.00000363. The summed E-state index contributed by atoms with van der Waals surface area (Å²) in [4.78, 5) is 29.4. The van der Waals surface area contributed by atoms with Gasteiger partial charge in [-0.1, -0.05) is 37.3 Å². The van der Waals surface area contributed by atoms with Gasteiger partial charge >= 0.3 is 0 Å². The Labute approximate surface area is 193 Å². The smallest absolute Gasteiger partial charge is 0.269 e. The predicted octanol–water partition coefficient (Wildman–Crippen LogP) is 3.38. The number of carbonyl (C=O) groups is 2. The molecule has 1 aliphatic heterocycles. The van der Waals surface area contributed by atoms with E-state index in [0.717, 1.165) is 5.56 Å².